The van der Waals surface area contributed by atoms with Gasteiger partial charge in [0.2, 0.25) is 5.91 Å². The first-order chi connectivity index (χ1) is 15.7. The Morgan fingerprint density at radius 1 is 1.00 bits per heavy atom. The zero-order chi connectivity index (χ0) is 21.9. The van der Waals surface area contributed by atoms with Crippen molar-refractivity contribution in [2.45, 2.75) is 57.0 Å². The second kappa shape index (κ2) is 8.99. The van der Waals surface area contributed by atoms with Gasteiger partial charge in [-0.1, -0.05) is 18.9 Å². The van der Waals surface area contributed by atoms with Crippen molar-refractivity contribution in [1.29, 1.82) is 0 Å². The van der Waals surface area contributed by atoms with E-state index in [1.54, 1.807) is 41.6 Å². The molecule has 5 rings (SSSR count). The smallest absolute Gasteiger partial charge is 0.294 e. The van der Waals surface area contributed by atoms with Gasteiger partial charge >= 0.3 is 0 Å². The van der Waals surface area contributed by atoms with Crippen molar-refractivity contribution >= 4 is 17.5 Å². The number of furan rings is 1. The third kappa shape index (κ3) is 4.05. The van der Waals surface area contributed by atoms with Crippen molar-refractivity contribution in [2.75, 3.05) is 4.90 Å². The van der Waals surface area contributed by atoms with Gasteiger partial charge in [-0.3, -0.25) is 19.5 Å². The molecule has 2 amide bonds. The molecule has 2 aromatic heterocycles. The highest BCUT2D eigenvalue weighted by atomic mass is 16.3. The summed E-state index contributed by atoms with van der Waals surface area (Å²) >= 11 is 0. The summed E-state index contributed by atoms with van der Waals surface area (Å²) in [4.78, 5) is 33.1. The van der Waals surface area contributed by atoms with E-state index in [2.05, 4.69) is 22.4 Å². The van der Waals surface area contributed by atoms with Crippen molar-refractivity contribution in [3.05, 3.63) is 83.6 Å². The van der Waals surface area contributed by atoms with Gasteiger partial charge in [-0.05, 0) is 85.2 Å². The Labute approximate surface area is 187 Å². The predicted octanol–water partition coefficient (Wildman–Crippen LogP) is 4.61. The molecule has 0 aliphatic heterocycles. The van der Waals surface area contributed by atoms with Crippen LogP contribution in [0.1, 0.15) is 65.4 Å². The molecule has 0 saturated heterocycles. The van der Waals surface area contributed by atoms with Crippen LogP contribution in [-0.4, -0.2) is 22.8 Å². The quantitative estimate of drug-likeness (QED) is 0.621. The normalized spacial score (nSPS) is 16.5. The molecule has 2 aliphatic rings. The van der Waals surface area contributed by atoms with Crippen LogP contribution in [0.3, 0.4) is 0 Å². The van der Waals surface area contributed by atoms with Crippen molar-refractivity contribution in [2.24, 2.45) is 0 Å². The number of nitrogens with one attached hydrogen (secondary N) is 1. The summed E-state index contributed by atoms with van der Waals surface area (Å²) in [5, 5.41) is 3.20. The largest absolute Gasteiger partial charge is 0.459 e. The Hall–Kier alpha value is -3.41. The molecule has 0 radical (unpaired) electrons. The fraction of sp³-hybridized carbons (Fsp3) is 0.346. The monoisotopic (exact) mass is 429 g/mol. The lowest BCUT2D eigenvalue weighted by Gasteiger charge is -2.32. The first-order valence-electron chi connectivity index (χ1n) is 11.4. The van der Waals surface area contributed by atoms with Crippen molar-refractivity contribution in [3.8, 4) is 0 Å². The van der Waals surface area contributed by atoms with Crippen LogP contribution >= 0.6 is 0 Å². The van der Waals surface area contributed by atoms with E-state index in [4.69, 9.17) is 4.42 Å². The molecule has 1 saturated carbocycles. The molecule has 0 spiro atoms. The van der Waals surface area contributed by atoms with E-state index in [1.165, 1.54) is 17.4 Å². The van der Waals surface area contributed by atoms with Crippen molar-refractivity contribution in [1.82, 2.24) is 10.3 Å². The number of benzene rings is 1. The average Bonchev–Trinajstić information content (AvgIpc) is 3.60. The number of fused-ring (bicyclic) bond motifs is 1. The third-order valence-corrected chi connectivity index (χ3v) is 6.54. The number of aromatic nitrogens is 1. The summed E-state index contributed by atoms with van der Waals surface area (Å²) in [6.45, 7) is 0. The summed E-state index contributed by atoms with van der Waals surface area (Å²) in [6.07, 6.45) is 12.1. The lowest BCUT2D eigenvalue weighted by molar-refractivity contribution is -0.123. The topological polar surface area (TPSA) is 75.4 Å². The van der Waals surface area contributed by atoms with E-state index in [9.17, 15) is 9.59 Å². The van der Waals surface area contributed by atoms with Crippen LogP contribution in [0.2, 0.25) is 0 Å². The first kappa shape index (κ1) is 20.5. The van der Waals surface area contributed by atoms with Gasteiger partial charge in [-0.25, -0.2) is 0 Å². The lowest BCUT2D eigenvalue weighted by atomic mass is 10.0. The van der Waals surface area contributed by atoms with Crippen LogP contribution in [0.5, 0.6) is 0 Å². The van der Waals surface area contributed by atoms with Gasteiger partial charge in [0.1, 0.15) is 6.04 Å². The van der Waals surface area contributed by atoms with Crippen molar-refractivity contribution in [3.63, 3.8) is 0 Å². The molecule has 2 heterocycles. The van der Waals surface area contributed by atoms with E-state index in [0.717, 1.165) is 50.5 Å². The molecule has 1 unspecified atom stereocenters. The average molecular weight is 430 g/mol. The zero-order valence-electron chi connectivity index (χ0n) is 18.0. The highest BCUT2D eigenvalue weighted by molar-refractivity contribution is 6.08. The number of pyridine rings is 1. The number of rotatable bonds is 6. The van der Waals surface area contributed by atoms with Gasteiger partial charge in [0.05, 0.1) is 6.26 Å². The maximum atomic E-state index is 13.7. The van der Waals surface area contributed by atoms with Gasteiger partial charge in [0, 0.05) is 24.1 Å². The second-order valence-corrected chi connectivity index (χ2v) is 8.63. The number of hydrogen-bond acceptors (Lipinski definition) is 4. The maximum absolute atomic E-state index is 13.7. The Kier molecular flexibility index (Phi) is 5.75. The summed E-state index contributed by atoms with van der Waals surface area (Å²) in [7, 11) is 0. The molecule has 6 heteroatoms. The maximum Gasteiger partial charge on any atom is 0.294 e. The van der Waals surface area contributed by atoms with Gasteiger partial charge in [-0.15, -0.1) is 0 Å². The Morgan fingerprint density at radius 3 is 2.53 bits per heavy atom. The van der Waals surface area contributed by atoms with E-state index < -0.39 is 6.04 Å². The van der Waals surface area contributed by atoms with Crippen LogP contribution in [0, 0.1) is 0 Å². The first-order valence-corrected chi connectivity index (χ1v) is 11.4. The molecule has 1 N–H and O–H groups in total. The molecular weight excluding hydrogens is 402 g/mol. The van der Waals surface area contributed by atoms with Gasteiger partial charge < -0.3 is 9.73 Å². The molecule has 32 heavy (non-hydrogen) atoms. The fourth-order valence-electron chi connectivity index (χ4n) is 4.92. The third-order valence-electron chi connectivity index (χ3n) is 6.54. The summed E-state index contributed by atoms with van der Waals surface area (Å²) in [6, 6.07) is 12.3. The Morgan fingerprint density at radius 2 is 1.78 bits per heavy atom. The molecule has 1 fully saturated rings. The Bertz CT molecular complexity index is 1090. The van der Waals surface area contributed by atoms with Crippen LogP contribution in [0.4, 0.5) is 5.69 Å². The van der Waals surface area contributed by atoms with Gasteiger partial charge in [0.25, 0.3) is 5.91 Å². The number of anilines is 1. The highest BCUT2D eigenvalue weighted by Crippen LogP contribution is 2.34. The molecule has 0 bridgehead atoms. The van der Waals surface area contributed by atoms with E-state index in [1.807, 2.05) is 6.07 Å². The molecule has 1 aromatic carbocycles. The minimum atomic E-state index is -0.823. The Balaban J connectivity index is 1.59. The SMILES string of the molecule is O=C(NC1CCCC1)C(c1ccncc1)N(C(=O)c1ccco1)c1ccc2c(c1)CCC2. The molecule has 164 valence electrons. The van der Waals surface area contributed by atoms with E-state index >= 15 is 0 Å². The van der Waals surface area contributed by atoms with Crippen LogP contribution in [0.25, 0.3) is 0 Å². The molecule has 3 aromatic rings. The minimum absolute atomic E-state index is 0.146. The number of hydrogen-bond donors (Lipinski definition) is 1. The standard InChI is InChI=1S/C26H27N3O3/c30-25(28-21-7-1-2-8-21)24(19-12-14-27-15-13-19)29(26(31)23-9-4-16-32-23)22-11-10-18-5-3-6-20(18)17-22/h4,9-17,21,24H,1-3,5-8H2,(H,28,30). The van der Waals surface area contributed by atoms with Crippen LogP contribution in [0.15, 0.2) is 65.5 Å². The predicted molar refractivity (Wildman–Crippen MR) is 121 cm³/mol. The molecule has 2 aliphatic carbocycles. The lowest BCUT2D eigenvalue weighted by Crippen LogP contribution is -2.46. The number of nitrogens with zero attached hydrogens (tertiary/aromatic N) is 2. The van der Waals surface area contributed by atoms with E-state index in [-0.39, 0.29) is 23.6 Å². The number of amides is 2. The minimum Gasteiger partial charge on any atom is -0.459 e. The highest BCUT2D eigenvalue weighted by Gasteiger charge is 2.36. The number of carbonyl (C=O) groups excluding carboxylic acids is 2. The molecular formula is C26H27N3O3. The number of aryl methyl sites for hydroxylation is 2. The van der Waals surface area contributed by atoms with Gasteiger partial charge in [0.15, 0.2) is 5.76 Å². The van der Waals surface area contributed by atoms with E-state index in [0.29, 0.717) is 5.69 Å². The van der Waals surface area contributed by atoms with Crippen LogP contribution < -0.4 is 10.2 Å². The van der Waals surface area contributed by atoms with Crippen LogP contribution in [-0.2, 0) is 17.6 Å². The summed E-state index contributed by atoms with van der Waals surface area (Å²) < 4.78 is 5.45. The fourth-order valence-corrected chi connectivity index (χ4v) is 4.92. The number of carbonyl (C=O) groups is 2. The summed E-state index contributed by atoms with van der Waals surface area (Å²) in [5.41, 5.74) is 3.98. The molecule has 1 atom stereocenters. The summed E-state index contributed by atoms with van der Waals surface area (Å²) in [5.74, 6) is -0.307. The second-order valence-electron chi connectivity index (χ2n) is 8.63. The van der Waals surface area contributed by atoms with Crippen molar-refractivity contribution < 1.29 is 14.0 Å². The molecule has 6 nitrogen and oxygen atoms in total. The zero-order valence-corrected chi connectivity index (χ0v) is 18.0. The van der Waals surface area contributed by atoms with Gasteiger partial charge in [-0.2, -0.15) is 0 Å².